The van der Waals surface area contributed by atoms with Crippen molar-refractivity contribution in [3.8, 4) is 11.1 Å². The van der Waals surface area contributed by atoms with E-state index in [1.165, 1.54) is 19.1 Å². The smallest absolute Gasteiger partial charge is 0.258 e. The average molecular weight is 333 g/mol. The second-order valence-corrected chi connectivity index (χ2v) is 5.65. The molecule has 0 atom stereocenters. The van der Waals surface area contributed by atoms with Crippen LogP contribution in [0.1, 0.15) is 27.6 Å². The van der Waals surface area contributed by atoms with E-state index in [0.29, 0.717) is 16.8 Å². The number of halogens is 1. The Morgan fingerprint density at radius 2 is 1.52 bits per heavy atom. The van der Waals surface area contributed by atoms with Crippen LogP contribution in [0, 0.1) is 5.82 Å². The van der Waals surface area contributed by atoms with Crippen LogP contribution in [0.5, 0.6) is 0 Å². The van der Waals surface area contributed by atoms with Gasteiger partial charge in [0, 0.05) is 11.3 Å². The highest BCUT2D eigenvalue weighted by Gasteiger charge is 2.13. The fraction of sp³-hybridized carbons (Fsp3) is 0.0476. The zero-order valence-electron chi connectivity index (χ0n) is 13.6. The maximum absolute atomic E-state index is 14.4. The fourth-order valence-electron chi connectivity index (χ4n) is 2.50. The first-order chi connectivity index (χ1) is 12.0. The quantitative estimate of drug-likeness (QED) is 0.687. The molecule has 0 saturated heterocycles. The van der Waals surface area contributed by atoms with Crippen molar-refractivity contribution in [1.29, 1.82) is 0 Å². The third-order valence-corrected chi connectivity index (χ3v) is 3.87. The molecule has 3 rings (SSSR count). The SMILES string of the molecule is CC(=O)c1ccc(NC(=O)c2ccc(-c3ccccc3)cc2F)cc1. The van der Waals surface area contributed by atoms with Crippen molar-refractivity contribution in [2.75, 3.05) is 5.32 Å². The number of amides is 1. The van der Waals surface area contributed by atoms with Gasteiger partial charge in [-0.25, -0.2) is 4.39 Å². The molecule has 0 aliphatic carbocycles. The molecule has 0 aliphatic rings. The van der Waals surface area contributed by atoms with Crippen LogP contribution in [-0.2, 0) is 0 Å². The van der Waals surface area contributed by atoms with Gasteiger partial charge in [-0.15, -0.1) is 0 Å². The zero-order chi connectivity index (χ0) is 17.8. The molecular weight excluding hydrogens is 317 g/mol. The van der Waals surface area contributed by atoms with Crippen molar-refractivity contribution in [1.82, 2.24) is 0 Å². The van der Waals surface area contributed by atoms with Gasteiger partial charge in [0.25, 0.3) is 5.91 Å². The fourth-order valence-corrected chi connectivity index (χ4v) is 2.50. The van der Waals surface area contributed by atoms with Crippen LogP contribution in [0.15, 0.2) is 72.8 Å². The van der Waals surface area contributed by atoms with E-state index in [4.69, 9.17) is 0 Å². The Kier molecular flexibility index (Phi) is 4.70. The average Bonchev–Trinajstić information content (AvgIpc) is 2.62. The van der Waals surface area contributed by atoms with E-state index in [2.05, 4.69) is 5.32 Å². The van der Waals surface area contributed by atoms with Gasteiger partial charge in [-0.05, 0) is 54.4 Å². The van der Waals surface area contributed by atoms with Crippen molar-refractivity contribution in [3.63, 3.8) is 0 Å². The normalized spacial score (nSPS) is 10.3. The molecule has 0 saturated carbocycles. The summed E-state index contributed by atoms with van der Waals surface area (Å²) in [5.41, 5.74) is 2.61. The molecule has 3 aromatic rings. The summed E-state index contributed by atoms with van der Waals surface area (Å²) < 4.78 is 14.4. The van der Waals surface area contributed by atoms with E-state index >= 15 is 0 Å². The molecular formula is C21H16FNO2. The first-order valence-corrected chi connectivity index (χ1v) is 7.82. The van der Waals surface area contributed by atoms with Crippen LogP contribution in [0.4, 0.5) is 10.1 Å². The van der Waals surface area contributed by atoms with Gasteiger partial charge in [-0.2, -0.15) is 0 Å². The zero-order valence-corrected chi connectivity index (χ0v) is 13.6. The van der Waals surface area contributed by atoms with E-state index in [1.54, 1.807) is 30.3 Å². The minimum Gasteiger partial charge on any atom is -0.322 e. The summed E-state index contributed by atoms with van der Waals surface area (Å²) in [4.78, 5) is 23.5. The van der Waals surface area contributed by atoms with Crippen LogP contribution in [0.25, 0.3) is 11.1 Å². The van der Waals surface area contributed by atoms with Crippen molar-refractivity contribution < 1.29 is 14.0 Å². The Balaban J connectivity index is 1.79. The molecule has 124 valence electrons. The first-order valence-electron chi connectivity index (χ1n) is 7.82. The van der Waals surface area contributed by atoms with Crippen molar-refractivity contribution in [2.45, 2.75) is 6.92 Å². The summed E-state index contributed by atoms with van der Waals surface area (Å²) >= 11 is 0. The Morgan fingerprint density at radius 1 is 0.840 bits per heavy atom. The lowest BCUT2D eigenvalue weighted by Crippen LogP contribution is -2.13. The highest BCUT2D eigenvalue weighted by molar-refractivity contribution is 6.05. The van der Waals surface area contributed by atoms with E-state index in [9.17, 15) is 14.0 Å². The Bertz CT molecular complexity index is 918. The molecule has 1 amide bonds. The summed E-state index contributed by atoms with van der Waals surface area (Å²) in [7, 11) is 0. The summed E-state index contributed by atoms with van der Waals surface area (Å²) in [5, 5.41) is 2.63. The van der Waals surface area contributed by atoms with Crippen molar-refractivity contribution in [2.24, 2.45) is 0 Å². The lowest BCUT2D eigenvalue weighted by Gasteiger charge is -2.08. The minimum atomic E-state index is -0.584. The molecule has 0 unspecified atom stereocenters. The number of hydrogen-bond donors (Lipinski definition) is 1. The monoisotopic (exact) mass is 333 g/mol. The number of anilines is 1. The van der Waals surface area contributed by atoms with Gasteiger partial charge in [-0.3, -0.25) is 9.59 Å². The van der Waals surface area contributed by atoms with Gasteiger partial charge in [0.1, 0.15) is 5.82 Å². The number of rotatable bonds is 4. The number of nitrogens with one attached hydrogen (secondary N) is 1. The Hall–Kier alpha value is -3.27. The second-order valence-electron chi connectivity index (χ2n) is 5.65. The molecule has 25 heavy (non-hydrogen) atoms. The lowest BCUT2D eigenvalue weighted by molar-refractivity contribution is 0.101. The molecule has 0 aromatic heterocycles. The van der Waals surface area contributed by atoms with Crippen LogP contribution >= 0.6 is 0 Å². The molecule has 4 heteroatoms. The molecule has 0 spiro atoms. The highest BCUT2D eigenvalue weighted by atomic mass is 19.1. The van der Waals surface area contributed by atoms with Gasteiger partial charge >= 0.3 is 0 Å². The minimum absolute atomic E-state index is 0.0321. The Labute approximate surface area is 145 Å². The van der Waals surface area contributed by atoms with Gasteiger partial charge in [0.05, 0.1) is 5.56 Å². The Morgan fingerprint density at radius 3 is 2.12 bits per heavy atom. The standard InChI is InChI=1S/C21H16FNO2/c1-14(24)15-7-10-18(11-8-15)23-21(25)19-12-9-17(13-20(19)22)16-5-3-2-4-6-16/h2-13H,1H3,(H,23,25). The third kappa shape index (κ3) is 3.80. The van der Waals surface area contributed by atoms with E-state index < -0.39 is 11.7 Å². The summed E-state index contributed by atoms with van der Waals surface area (Å²) in [6.45, 7) is 1.47. The molecule has 0 radical (unpaired) electrons. The summed E-state index contributed by atoms with van der Waals surface area (Å²) in [6.07, 6.45) is 0. The largest absolute Gasteiger partial charge is 0.322 e. The van der Waals surface area contributed by atoms with E-state index in [-0.39, 0.29) is 11.3 Å². The van der Waals surface area contributed by atoms with Crippen LogP contribution in [-0.4, -0.2) is 11.7 Å². The number of Topliss-reactive ketones (excluding diaryl/α,β-unsaturated/α-hetero) is 1. The van der Waals surface area contributed by atoms with E-state index in [0.717, 1.165) is 5.56 Å². The van der Waals surface area contributed by atoms with Crippen molar-refractivity contribution >= 4 is 17.4 Å². The molecule has 0 fully saturated rings. The predicted molar refractivity (Wildman–Crippen MR) is 96.2 cm³/mol. The molecule has 0 heterocycles. The number of hydrogen-bond acceptors (Lipinski definition) is 2. The number of carbonyl (C=O) groups is 2. The number of carbonyl (C=O) groups excluding carboxylic acids is 2. The molecule has 1 N–H and O–H groups in total. The lowest BCUT2D eigenvalue weighted by atomic mass is 10.0. The third-order valence-electron chi connectivity index (χ3n) is 3.87. The highest BCUT2D eigenvalue weighted by Crippen LogP contribution is 2.22. The maximum Gasteiger partial charge on any atom is 0.258 e. The topological polar surface area (TPSA) is 46.2 Å². The first kappa shape index (κ1) is 16.6. The van der Waals surface area contributed by atoms with Crippen LogP contribution in [0.3, 0.4) is 0 Å². The van der Waals surface area contributed by atoms with E-state index in [1.807, 2.05) is 30.3 Å². The van der Waals surface area contributed by atoms with Gasteiger partial charge < -0.3 is 5.32 Å². The van der Waals surface area contributed by atoms with Gasteiger partial charge in [0.2, 0.25) is 0 Å². The predicted octanol–water partition coefficient (Wildman–Crippen LogP) is 4.95. The van der Waals surface area contributed by atoms with Crippen LogP contribution < -0.4 is 5.32 Å². The van der Waals surface area contributed by atoms with Gasteiger partial charge in [0.15, 0.2) is 5.78 Å². The second kappa shape index (κ2) is 7.09. The number of benzene rings is 3. The van der Waals surface area contributed by atoms with Crippen molar-refractivity contribution in [3.05, 3.63) is 89.7 Å². The van der Waals surface area contributed by atoms with Gasteiger partial charge in [-0.1, -0.05) is 36.4 Å². The number of ketones is 1. The summed E-state index contributed by atoms with van der Waals surface area (Å²) in [5.74, 6) is -1.17. The molecule has 3 nitrogen and oxygen atoms in total. The molecule has 0 aliphatic heterocycles. The van der Waals surface area contributed by atoms with Crippen LogP contribution in [0.2, 0.25) is 0 Å². The molecule has 0 bridgehead atoms. The molecule has 3 aromatic carbocycles. The maximum atomic E-state index is 14.4. The summed E-state index contributed by atoms with van der Waals surface area (Å²) in [6, 6.07) is 20.4.